The number of rotatable bonds is 7. The zero-order valence-corrected chi connectivity index (χ0v) is 21.5. The minimum Gasteiger partial charge on any atom is -0.444 e. The van der Waals surface area contributed by atoms with Gasteiger partial charge in [0.2, 0.25) is 0 Å². The Bertz CT molecular complexity index is 1120. The molecule has 202 valence electrons. The second-order valence-corrected chi connectivity index (χ2v) is 10.5. The molecule has 0 atom stereocenters. The monoisotopic (exact) mass is 522 g/mol. The maximum atomic E-state index is 13.5. The van der Waals surface area contributed by atoms with Gasteiger partial charge in [0.25, 0.3) is 5.91 Å². The summed E-state index contributed by atoms with van der Waals surface area (Å²) in [7, 11) is 0. The van der Waals surface area contributed by atoms with Crippen LogP contribution < -0.4 is 5.32 Å². The van der Waals surface area contributed by atoms with Crippen LogP contribution in [0, 0.1) is 5.41 Å². The normalized spacial score (nSPS) is 15.8. The van der Waals surface area contributed by atoms with Gasteiger partial charge in [-0.2, -0.15) is 18.3 Å². The number of benzene rings is 1. The molecule has 11 heteroatoms. The van der Waals surface area contributed by atoms with Gasteiger partial charge < -0.3 is 15.0 Å². The van der Waals surface area contributed by atoms with Gasteiger partial charge in [-0.05, 0) is 52.2 Å². The van der Waals surface area contributed by atoms with E-state index >= 15 is 0 Å². The number of piperidine rings is 1. The van der Waals surface area contributed by atoms with E-state index in [4.69, 9.17) is 4.74 Å². The van der Waals surface area contributed by atoms with Gasteiger partial charge in [-0.15, -0.1) is 0 Å². The Balaban J connectivity index is 1.52. The van der Waals surface area contributed by atoms with Crippen LogP contribution in [0.3, 0.4) is 0 Å². The topological polar surface area (TPSA) is 93.5 Å². The number of likely N-dealkylation sites (tertiary alicyclic amines) is 1. The Labute approximate surface area is 214 Å². The molecule has 0 unspecified atom stereocenters. The lowest BCUT2D eigenvalue weighted by Crippen LogP contribution is -2.46. The first-order chi connectivity index (χ1) is 17.2. The minimum absolute atomic E-state index is 0.00142. The lowest BCUT2D eigenvalue weighted by atomic mass is 9.75. The summed E-state index contributed by atoms with van der Waals surface area (Å²) in [5.41, 5.74) is -2.66. The molecule has 1 aromatic carbocycles. The number of aromatic nitrogens is 2. The van der Waals surface area contributed by atoms with E-state index in [1.807, 2.05) is 6.92 Å². The van der Waals surface area contributed by atoms with E-state index in [1.165, 1.54) is 0 Å². The van der Waals surface area contributed by atoms with Gasteiger partial charge in [0.15, 0.2) is 5.69 Å². The maximum absolute atomic E-state index is 13.5. The van der Waals surface area contributed by atoms with E-state index in [1.54, 1.807) is 56.0 Å². The number of ketones is 1. The van der Waals surface area contributed by atoms with E-state index in [9.17, 15) is 27.6 Å². The number of hydrogen-bond acceptors (Lipinski definition) is 5. The summed E-state index contributed by atoms with van der Waals surface area (Å²) in [6.45, 7) is 8.08. The summed E-state index contributed by atoms with van der Waals surface area (Å²) in [5, 5.41) is 6.05. The molecular formula is C26H33F3N4O4. The number of amides is 2. The first-order valence-electron chi connectivity index (χ1n) is 12.2. The number of para-hydroxylation sites is 1. The van der Waals surface area contributed by atoms with E-state index in [2.05, 4.69) is 10.4 Å². The maximum Gasteiger partial charge on any atom is 0.435 e. The third-order valence-electron chi connectivity index (χ3n) is 6.31. The van der Waals surface area contributed by atoms with Crippen molar-refractivity contribution in [3.05, 3.63) is 47.8 Å². The third kappa shape index (κ3) is 7.33. The number of alkyl halides is 3. The highest BCUT2D eigenvalue weighted by molar-refractivity contribution is 5.95. The smallest absolute Gasteiger partial charge is 0.435 e. The molecule has 1 aliphatic heterocycles. The number of Topliss-reactive ketones (excluding diaryl/α,β-unsaturated/α-hetero) is 1. The van der Waals surface area contributed by atoms with Crippen LogP contribution >= 0.6 is 0 Å². The van der Waals surface area contributed by atoms with E-state index in [0.717, 1.165) is 10.9 Å². The summed E-state index contributed by atoms with van der Waals surface area (Å²) in [5.74, 6) is -0.905. The SMILES string of the molecule is CC(C)(C)OC(=O)N1CCC(C)(C(=O)CCCNC(=O)c2cn(-c3ccccc3)nc2C(F)(F)F)CC1. The zero-order chi connectivity index (χ0) is 27.4. The first-order valence-corrected chi connectivity index (χ1v) is 12.2. The highest BCUT2D eigenvalue weighted by Gasteiger charge is 2.40. The molecule has 0 spiro atoms. The van der Waals surface area contributed by atoms with Crippen molar-refractivity contribution in [1.29, 1.82) is 0 Å². The number of ether oxygens (including phenoxy) is 1. The standard InChI is InChI=1S/C26H33F3N4O4/c1-24(2,3)37-23(36)32-15-12-25(4,13-16-32)20(34)11-8-14-30-22(35)19-17-33(18-9-6-5-7-10-18)31-21(19)26(27,28)29/h5-7,9-10,17H,8,11-16H2,1-4H3,(H,30,35). The Morgan fingerprint density at radius 2 is 1.70 bits per heavy atom. The van der Waals surface area contributed by atoms with Crippen LogP contribution in [0.4, 0.5) is 18.0 Å². The number of carbonyl (C=O) groups excluding carboxylic acids is 3. The molecule has 0 radical (unpaired) electrons. The molecule has 37 heavy (non-hydrogen) atoms. The van der Waals surface area contributed by atoms with Gasteiger partial charge in [-0.25, -0.2) is 9.48 Å². The fourth-order valence-electron chi connectivity index (χ4n) is 4.10. The van der Waals surface area contributed by atoms with Crippen molar-refractivity contribution >= 4 is 17.8 Å². The van der Waals surface area contributed by atoms with Gasteiger partial charge in [0, 0.05) is 37.7 Å². The number of nitrogens with one attached hydrogen (secondary N) is 1. The van der Waals surface area contributed by atoms with Crippen molar-refractivity contribution in [3.8, 4) is 5.69 Å². The molecule has 2 aromatic rings. The van der Waals surface area contributed by atoms with Crippen LogP contribution in [-0.4, -0.2) is 57.7 Å². The van der Waals surface area contributed by atoms with Crippen molar-refractivity contribution in [3.63, 3.8) is 0 Å². The van der Waals surface area contributed by atoms with Gasteiger partial charge in [-0.1, -0.05) is 25.1 Å². The molecule has 0 saturated carbocycles. The fourth-order valence-corrected chi connectivity index (χ4v) is 4.10. The molecule has 0 bridgehead atoms. The van der Waals surface area contributed by atoms with Crippen LogP contribution in [0.15, 0.2) is 36.5 Å². The predicted octanol–water partition coefficient (Wildman–Crippen LogP) is 5.01. The molecule has 1 aromatic heterocycles. The van der Waals surface area contributed by atoms with Gasteiger partial charge in [0.05, 0.1) is 11.3 Å². The lowest BCUT2D eigenvalue weighted by molar-refractivity contribution is -0.141. The molecule has 1 fully saturated rings. The second-order valence-electron chi connectivity index (χ2n) is 10.5. The molecule has 2 heterocycles. The summed E-state index contributed by atoms with van der Waals surface area (Å²) >= 11 is 0. The molecule has 1 N–H and O–H groups in total. The molecule has 8 nitrogen and oxygen atoms in total. The fraction of sp³-hybridized carbons (Fsp3) is 0.538. The van der Waals surface area contributed by atoms with Crippen molar-refractivity contribution < 1.29 is 32.3 Å². The molecule has 0 aliphatic carbocycles. The zero-order valence-electron chi connectivity index (χ0n) is 21.5. The number of halogens is 3. The number of carbonyl (C=O) groups is 3. The second kappa shape index (κ2) is 10.9. The molecule has 2 amide bonds. The van der Waals surface area contributed by atoms with Crippen molar-refractivity contribution in [2.75, 3.05) is 19.6 Å². The molecule has 3 rings (SSSR count). The Morgan fingerprint density at radius 1 is 1.08 bits per heavy atom. The van der Waals surface area contributed by atoms with E-state index in [0.29, 0.717) is 31.6 Å². The molecular weight excluding hydrogens is 489 g/mol. The minimum atomic E-state index is -4.80. The summed E-state index contributed by atoms with van der Waals surface area (Å²) in [6, 6.07) is 8.20. The average molecular weight is 523 g/mol. The summed E-state index contributed by atoms with van der Waals surface area (Å²) < 4.78 is 46.9. The quantitative estimate of drug-likeness (QED) is 0.516. The van der Waals surface area contributed by atoms with Crippen LogP contribution in [0.2, 0.25) is 0 Å². The molecule has 1 aliphatic rings. The van der Waals surface area contributed by atoms with E-state index in [-0.39, 0.29) is 25.2 Å². The Hall–Kier alpha value is -3.37. The third-order valence-corrected chi connectivity index (χ3v) is 6.31. The Kier molecular flexibility index (Phi) is 8.34. The lowest BCUT2D eigenvalue weighted by Gasteiger charge is -2.38. The van der Waals surface area contributed by atoms with Crippen LogP contribution in [0.5, 0.6) is 0 Å². The Morgan fingerprint density at radius 3 is 2.27 bits per heavy atom. The number of nitrogens with zero attached hydrogens (tertiary/aromatic N) is 3. The largest absolute Gasteiger partial charge is 0.444 e. The first kappa shape index (κ1) is 28.2. The van der Waals surface area contributed by atoms with Crippen LogP contribution in [0.1, 0.15) is 69.4 Å². The van der Waals surface area contributed by atoms with E-state index < -0.39 is 40.5 Å². The predicted molar refractivity (Wildman–Crippen MR) is 130 cm³/mol. The molecule has 1 saturated heterocycles. The van der Waals surface area contributed by atoms with Crippen LogP contribution in [-0.2, 0) is 15.7 Å². The average Bonchev–Trinajstić information content (AvgIpc) is 3.28. The number of hydrogen-bond donors (Lipinski definition) is 1. The highest BCUT2D eigenvalue weighted by Crippen LogP contribution is 2.34. The van der Waals surface area contributed by atoms with Gasteiger partial charge in [-0.3, -0.25) is 9.59 Å². The summed E-state index contributed by atoms with van der Waals surface area (Å²) in [4.78, 5) is 39.3. The van der Waals surface area contributed by atoms with Gasteiger partial charge >= 0.3 is 12.3 Å². The van der Waals surface area contributed by atoms with Crippen LogP contribution in [0.25, 0.3) is 5.69 Å². The van der Waals surface area contributed by atoms with Crippen molar-refractivity contribution in [1.82, 2.24) is 20.0 Å². The van der Waals surface area contributed by atoms with Gasteiger partial charge in [0.1, 0.15) is 11.4 Å². The highest BCUT2D eigenvalue weighted by atomic mass is 19.4. The van der Waals surface area contributed by atoms with Crippen molar-refractivity contribution in [2.45, 2.75) is 65.2 Å². The summed E-state index contributed by atoms with van der Waals surface area (Å²) in [6.07, 6.45) is -2.72. The van der Waals surface area contributed by atoms with Crippen molar-refractivity contribution in [2.24, 2.45) is 5.41 Å².